The van der Waals surface area contributed by atoms with E-state index in [4.69, 9.17) is 44.2 Å². The van der Waals surface area contributed by atoms with E-state index in [0.717, 1.165) is 51.5 Å². The molecule has 1 saturated carbocycles. The van der Waals surface area contributed by atoms with Gasteiger partial charge in [-0.25, -0.2) is 0 Å². The number of hydrogen-bond donors (Lipinski definition) is 4. The van der Waals surface area contributed by atoms with Crippen molar-refractivity contribution in [2.75, 3.05) is 27.4 Å². The highest BCUT2D eigenvalue weighted by atomic mass is 35.5. The molecule has 8 heteroatoms. The molecule has 0 spiro atoms. The molecule has 30 heavy (non-hydrogen) atoms. The summed E-state index contributed by atoms with van der Waals surface area (Å²) in [6.45, 7) is 1.52. The third kappa shape index (κ3) is 6.82. The maximum absolute atomic E-state index is 6.67. The highest BCUT2D eigenvalue weighted by Gasteiger charge is 2.36. The lowest BCUT2D eigenvalue weighted by molar-refractivity contribution is -0.0701. The Morgan fingerprint density at radius 1 is 1.13 bits per heavy atom. The normalized spacial score (nSPS) is 39.6. The van der Waals surface area contributed by atoms with Gasteiger partial charge in [0.1, 0.15) is 5.50 Å². The van der Waals surface area contributed by atoms with Crippen LogP contribution >= 0.6 is 24.2 Å². The molecular weight excluding hydrogens is 422 g/mol. The highest BCUT2D eigenvalue weighted by molar-refractivity contribution is 7.80. The molecule has 3 aliphatic rings. The SMILES string of the molecule is COC1CCC(CNC(S)NC2CC=CCC2C(N)C2CCC(Cl)CO2)C[C@@H]1OC. The number of nitrogens with two attached hydrogens (primary N) is 1. The second-order valence-corrected chi connectivity index (χ2v) is 10.2. The number of thiol groups is 1. The first-order chi connectivity index (χ1) is 14.5. The number of halogens is 1. The largest absolute Gasteiger partial charge is 0.379 e. The molecule has 0 bridgehead atoms. The van der Waals surface area contributed by atoms with E-state index in [0.29, 0.717) is 18.4 Å². The third-order valence-electron chi connectivity index (χ3n) is 7.08. The van der Waals surface area contributed by atoms with Crippen LogP contribution in [0.4, 0.5) is 0 Å². The number of allylic oxidation sites excluding steroid dienone is 1. The number of methoxy groups -OCH3 is 2. The molecule has 2 aliphatic carbocycles. The first-order valence-corrected chi connectivity index (χ1v) is 12.4. The number of rotatable bonds is 9. The molecule has 0 aromatic carbocycles. The Labute approximate surface area is 192 Å². The van der Waals surface area contributed by atoms with Crippen molar-refractivity contribution in [2.45, 2.75) is 86.2 Å². The van der Waals surface area contributed by atoms with Crippen molar-refractivity contribution < 1.29 is 14.2 Å². The van der Waals surface area contributed by atoms with Crippen LogP contribution in [0.3, 0.4) is 0 Å². The van der Waals surface area contributed by atoms with Crippen LogP contribution < -0.4 is 16.4 Å². The van der Waals surface area contributed by atoms with Gasteiger partial charge in [-0.05, 0) is 56.8 Å². The summed E-state index contributed by atoms with van der Waals surface area (Å²) in [5.41, 5.74) is 6.60. The van der Waals surface area contributed by atoms with Crippen LogP contribution in [0.2, 0.25) is 0 Å². The van der Waals surface area contributed by atoms with E-state index in [1.807, 2.05) is 0 Å². The van der Waals surface area contributed by atoms with Gasteiger partial charge in [0.15, 0.2) is 0 Å². The van der Waals surface area contributed by atoms with Gasteiger partial charge in [0.2, 0.25) is 0 Å². The van der Waals surface area contributed by atoms with Crippen LogP contribution in [0.1, 0.15) is 44.9 Å². The quantitative estimate of drug-likeness (QED) is 0.183. The van der Waals surface area contributed by atoms with E-state index in [9.17, 15) is 0 Å². The van der Waals surface area contributed by atoms with Gasteiger partial charge in [0, 0.05) is 32.8 Å². The number of ether oxygens (including phenoxy) is 3. The number of nitrogens with one attached hydrogen (secondary N) is 2. The molecule has 1 aliphatic heterocycles. The number of alkyl halides is 1. The van der Waals surface area contributed by atoms with Gasteiger partial charge in [0.25, 0.3) is 0 Å². The van der Waals surface area contributed by atoms with Gasteiger partial charge < -0.3 is 19.9 Å². The van der Waals surface area contributed by atoms with E-state index in [1.54, 1.807) is 14.2 Å². The highest BCUT2D eigenvalue weighted by Crippen LogP contribution is 2.30. The standard InChI is InChI=1S/C22H40ClN3O3S/c1-27-18-9-7-14(11-20(18)28-2)12-25-22(30)26-17-6-4-3-5-16(17)21(24)19-10-8-15(23)13-29-19/h3-4,14-22,25-26,30H,5-13,24H2,1-2H3/t14?,15?,16?,17?,18?,19?,20-,21?,22?/m0/s1. The summed E-state index contributed by atoms with van der Waals surface area (Å²) in [5, 5.41) is 7.35. The Bertz CT molecular complexity index is 536. The fourth-order valence-electron chi connectivity index (χ4n) is 5.20. The molecule has 4 N–H and O–H groups in total. The Balaban J connectivity index is 1.46. The molecule has 1 heterocycles. The lowest BCUT2D eigenvalue weighted by Gasteiger charge is -2.40. The minimum atomic E-state index is -0.0724. The summed E-state index contributed by atoms with van der Waals surface area (Å²) in [6, 6.07) is 0.289. The van der Waals surface area contributed by atoms with Crippen molar-refractivity contribution in [3.63, 3.8) is 0 Å². The minimum absolute atomic E-state index is 0.00364. The number of hydrogen-bond acceptors (Lipinski definition) is 7. The summed E-state index contributed by atoms with van der Waals surface area (Å²) < 4.78 is 17.1. The second kappa shape index (κ2) is 12.4. The van der Waals surface area contributed by atoms with E-state index >= 15 is 0 Å². The van der Waals surface area contributed by atoms with E-state index in [-0.39, 0.29) is 41.3 Å². The molecule has 6 nitrogen and oxygen atoms in total. The van der Waals surface area contributed by atoms with Gasteiger partial charge in [-0.2, -0.15) is 0 Å². The Morgan fingerprint density at radius 2 is 1.90 bits per heavy atom. The molecule has 174 valence electrons. The summed E-state index contributed by atoms with van der Waals surface area (Å²) in [6.07, 6.45) is 12.0. The Kier molecular flexibility index (Phi) is 10.2. The van der Waals surface area contributed by atoms with Crippen molar-refractivity contribution >= 4 is 24.2 Å². The monoisotopic (exact) mass is 461 g/mol. The molecule has 0 aromatic rings. The predicted molar refractivity (Wildman–Crippen MR) is 125 cm³/mol. The molecule has 1 saturated heterocycles. The summed E-state index contributed by atoms with van der Waals surface area (Å²) in [4.78, 5) is 0. The average molecular weight is 462 g/mol. The molecule has 3 rings (SSSR count). The molecule has 0 amide bonds. The van der Waals surface area contributed by atoms with Crippen LogP contribution in [0.25, 0.3) is 0 Å². The molecule has 8 unspecified atom stereocenters. The minimum Gasteiger partial charge on any atom is -0.379 e. The first kappa shape index (κ1) is 24.8. The molecular formula is C22H40ClN3O3S. The maximum Gasteiger partial charge on any atom is 0.103 e. The van der Waals surface area contributed by atoms with Crippen molar-refractivity contribution in [3.8, 4) is 0 Å². The maximum atomic E-state index is 6.67. The zero-order valence-electron chi connectivity index (χ0n) is 18.3. The van der Waals surface area contributed by atoms with E-state index in [2.05, 4.69) is 22.8 Å². The van der Waals surface area contributed by atoms with Crippen LogP contribution in [-0.4, -0.2) is 68.6 Å². The summed E-state index contributed by atoms with van der Waals surface area (Å²) in [5.74, 6) is 0.902. The lowest BCUT2D eigenvalue weighted by atomic mass is 9.80. The fourth-order valence-corrected chi connectivity index (χ4v) is 5.69. The van der Waals surface area contributed by atoms with Crippen molar-refractivity contribution in [1.29, 1.82) is 0 Å². The van der Waals surface area contributed by atoms with Crippen molar-refractivity contribution in [1.82, 2.24) is 10.6 Å². The molecule has 0 aromatic heterocycles. The van der Waals surface area contributed by atoms with Crippen LogP contribution in [-0.2, 0) is 14.2 Å². The summed E-state index contributed by atoms with van der Waals surface area (Å²) in [7, 11) is 3.55. The topological polar surface area (TPSA) is 77.8 Å². The van der Waals surface area contributed by atoms with E-state index < -0.39 is 0 Å². The Morgan fingerprint density at radius 3 is 2.60 bits per heavy atom. The molecule has 0 radical (unpaired) electrons. The van der Waals surface area contributed by atoms with Gasteiger partial charge >= 0.3 is 0 Å². The van der Waals surface area contributed by atoms with Crippen molar-refractivity contribution in [2.24, 2.45) is 17.6 Å². The van der Waals surface area contributed by atoms with Crippen LogP contribution in [0.5, 0.6) is 0 Å². The van der Waals surface area contributed by atoms with Gasteiger partial charge in [0.05, 0.1) is 30.3 Å². The summed E-state index contributed by atoms with van der Waals surface area (Å²) >= 11 is 11.0. The predicted octanol–water partition coefficient (Wildman–Crippen LogP) is 2.66. The van der Waals surface area contributed by atoms with Crippen LogP contribution in [0.15, 0.2) is 12.2 Å². The lowest BCUT2D eigenvalue weighted by Crippen LogP contribution is -2.56. The second-order valence-electron chi connectivity index (χ2n) is 9.04. The van der Waals surface area contributed by atoms with Gasteiger partial charge in [-0.3, -0.25) is 10.6 Å². The smallest absolute Gasteiger partial charge is 0.103 e. The first-order valence-electron chi connectivity index (χ1n) is 11.4. The van der Waals surface area contributed by atoms with Gasteiger partial charge in [-0.1, -0.05) is 12.2 Å². The average Bonchev–Trinajstić information content (AvgIpc) is 2.78. The van der Waals surface area contributed by atoms with Crippen molar-refractivity contribution in [3.05, 3.63) is 12.2 Å². The zero-order chi connectivity index (χ0) is 21.5. The Hall–Kier alpha value is 0.140. The molecule has 2 fully saturated rings. The zero-order valence-corrected chi connectivity index (χ0v) is 20.0. The molecule has 9 atom stereocenters. The third-order valence-corrected chi connectivity index (χ3v) is 7.75. The van der Waals surface area contributed by atoms with Gasteiger partial charge in [-0.15, -0.1) is 24.2 Å². The fraction of sp³-hybridized carbons (Fsp3) is 0.909. The van der Waals surface area contributed by atoms with E-state index in [1.165, 1.54) is 0 Å². The van der Waals surface area contributed by atoms with Crippen LogP contribution in [0, 0.1) is 11.8 Å².